The third kappa shape index (κ3) is 7.58. The van der Waals surface area contributed by atoms with Gasteiger partial charge in [-0.25, -0.2) is 15.0 Å². The molecule has 6 nitrogen and oxygen atoms in total. The molecule has 71 heavy (non-hydrogen) atoms. The summed E-state index contributed by atoms with van der Waals surface area (Å²) in [6.07, 6.45) is -4.52. The van der Waals surface area contributed by atoms with Crippen molar-refractivity contribution >= 4 is 43.6 Å². The molecular weight excluding hydrogens is 886 g/mol. The second kappa shape index (κ2) is 16.8. The van der Waals surface area contributed by atoms with Gasteiger partial charge in [0.25, 0.3) is 0 Å². The summed E-state index contributed by atoms with van der Waals surface area (Å²) in [5.41, 5.74) is 13.9. The summed E-state index contributed by atoms with van der Waals surface area (Å²) in [5.74, 6) is 1.58. The predicted molar refractivity (Wildman–Crippen MR) is 280 cm³/mol. The van der Waals surface area contributed by atoms with Gasteiger partial charge in [0.05, 0.1) is 50.6 Å². The minimum atomic E-state index is -4.52. The van der Waals surface area contributed by atoms with Crippen molar-refractivity contribution in [2.75, 3.05) is 0 Å². The zero-order valence-electron chi connectivity index (χ0n) is 38.8. The summed E-state index contributed by atoms with van der Waals surface area (Å²) in [6.45, 7) is 6.16. The van der Waals surface area contributed by atoms with Crippen LogP contribution in [-0.2, 0) is 6.18 Å². The largest absolute Gasteiger partial charge is 0.416 e. The summed E-state index contributed by atoms with van der Waals surface area (Å²) < 4.78 is 47.3. The zero-order chi connectivity index (χ0) is 48.5. The molecule has 0 unspecified atom stereocenters. The van der Waals surface area contributed by atoms with E-state index < -0.39 is 11.7 Å². The molecule has 0 saturated heterocycles. The van der Waals surface area contributed by atoms with Gasteiger partial charge in [0.15, 0.2) is 17.5 Å². The van der Waals surface area contributed by atoms with Gasteiger partial charge in [0.1, 0.15) is 0 Å². The molecule has 0 atom stereocenters. The second-order valence-corrected chi connectivity index (χ2v) is 18.2. The van der Waals surface area contributed by atoms with Crippen LogP contribution < -0.4 is 0 Å². The van der Waals surface area contributed by atoms with Crippen molar-refractivity contribution in [3.05, 3.63) is 222 Å². The number of hydrogen-bond acceptors (Lipinski definition) is 4. The summed E-state index contributed by atoms with van der Waals surface area (Å²) in [6, 6.07) is 65.1. The van der Waals surface area contributed by atoms with Crippen LogP contribution in [0.1, 0.15) is 27.8 Å². The van der Waals surface area contributed by atoms with E-state index in [-0.39, 0.29) is 0 Å². The minimum absolute atomic E-state index is 0.475. The third-order valence-corrected chi connectivity index (χ3v) is 13.4. The maximum atomic E-state index is 14.3. The van der Waals surface area contributed by atoms with E-state index in [9.17, 15) is 18.4 Å². The Hall–Kier alpha value is -9.13. The maximum Gasteiger partial charge on any atom is 0.416 e. The fourth-order valence-corrected chi connectivity index (χ4v) is 10.0. The van der Waals surface area contributed by atoms with Crippen LogP contribution in [0.5, 0.6) is 0 Å². The van der Waals surface area contributed by atoms with E-state index >= 15 is 0 Å². The molecule has 0 N–H and O–H groups in total. The van der Waals surface area contributed by atoms with E-state index in [1.807, 2.05) is 115 Å². The fourth-order valence-electron chi connectivity index (χ4n) is 10.0. The Balaban J connectivity index is 1.16. The summed E-state index contributed by atoms with van der Waals surface area (Å²) >= 11 is 0. The van der Waals surface area contributed by atoms with Gasteiger partial charge in [-0.1, -0.05) is 114 Å². The molecule has 3 heterocycles. The van der Waals surface area contributed by atoms with E-state index in [0.29, 0.717) is 39.3 Å². The molecule has 12 rings (SSSR count). The normalized spacial score (nSPS) is 11.8. The lowest BCUT2D eigenvalue weighted by Gasteiger charge is -2.19. The van der Waals surface area contributed by atoms with Crippen LogP contribution in [0.3, 0.4) is 0 Å². The van der Waals surface area contributed by atoms with Crippen LogP contribution in [0.15, 0.2) is 194 Å². The van der Waals surface area contributed by atoms with E-state index in [2.05, 4.69) is 91.2 Å². The van der Waals surface area contributed by atoms with Crippen molar-refractivity contribution in [2.24, 2.45) is 0 Å². The first-order valence-electron chi connectivity index (χ1n) is 23.3. The van der Waals surface area contributed by atoms with Crippen LogP contribution in [0.2, 0.25) is 0 Å². The summed E-state index contributed by atoms with van der Waals surface area (Å²) in [5, 5.41) is 13.7. The average molecular weight is 927 g/mol. The van der Waals surface area contributed by atoms with Crippen molar-refractivity contribution in [1.82, 2.24) is 24.1 Å². The lowest BCUT2D eigenvalue weighted by atomic mass is 9.94. The highest BCUT2D eigenvalue weighted by molar-refractivity contribution is 6.12. The van der Waals surface area contributed by atoms with E-state index in [1.165, 1.54) is 6.07 Å². The van der Waals surface area contributed by atoms with Crippen molar-refractivity contribution in [2.45, 2.75) is 26.9 Å². The highest BCUT2D eigenvalue weighted by Crippen LogP contribution is 2.44. The molecule has 0 radical (unpaired) electrons. The van der Waals surface area contributed by atoms with Crippen molar-refractivity contribution in [3.8, 4) is 73.9 Å². The molecule has 9 aromatic carbocycles. The zero-order valence-corrected chi connectivity index (χ0v) is 38.8. The first kappa shape index (κ1) is 43.2. The monoisotopic (exact) mass is 926 g/mol. The SMILES string of the molecule is Cc1ccc2c(c1)c1cc(C)ccc1n2-c1ccc(-c2nc(-c3ccccc3)nc(-c3ccccc3)n2)cc1-c1ccc(-n2c3ccc(C)cc3c3cc(C(F)(F)F)ccc32)c(-c2cccc(C#N)c2)c1. The Bertz CT molecular complexity index is 4030. The van der Waals surface area contributed by atoms with E-state index in [4.69, 9.17) is 15.0 Å². The first-order valence-corrected chi connectivity index (χ1v) is 23.3. The number of fused-ring (bicyclic) bond motifs is 6. The van der Waals surface area contributed by atoms with Gasteiger partial charge in [0.2, 0.25) is 0 Å². The molecule has 340 valence electrons. The molecule has 0 saturated carbocycles. The van der Waals surface area contributed by atoms with Gasteiger partial charge < -0.3 is 9.13 Å². The number of aryl methyl sites for hydroxylation is 3. The first-order chi connectivity index (χ1) is 34.5. The van der Waals surface area contributed by atoms with Gasteiger partial charge in [-0.2, -0.15) is 18.4 Å². The van der Waals surface area contributed by atoms with Crippen LogP contribution in [-0.4, -0.2) is 24.1 Å². The summed E-state index contributed by atoms with van der Waals surface area (Å²) in [7, 11) is 0. The molecule has 0 bridgehead atoms. The predicted octanol–water partition coefficient (Wildman–Crippen LogP) is 16.2. The maximum absolute atomic E-state index is 14.3. The Labute approximate surface area is 407 Å². The van der Waals surface area contributed by atoms with Gasteiger partial charge in [0, 0.05) is 49.4 Å². The quantitative estimate of drug-likeness (QED) is 0.160. The Morgan fingerprint density at radius 1 is 0.394 bits per heavy atom. The van der Waals surface area contributed by atoms with Crippen LogP contribution in [0.4, 0.5) is 13.2 Å². The number of nitrogens with zero attached hydrogens (tertiary/aromatic N) is 6. The topological polar surface area (TPSA) is 72.3 Å². The van der Waals surface area contributed by atoms with Crippen LogP contribution in [0, 0.1) is 32.1 Å². The minimum Gasteiger partial charge on any atom is -0.309 e. The molecule has 9 heteroatoms. The fraction of sp³-hybridized carbons (Fsp3) is 0.0645. The number of hydrogen-bond donors (Lipinski definition) is 0. The van der Waals surface area contributed by atoms with Crippen LogP contribution >= 0.6 is 0 Å². The third-order valence-electron chi connectivity index (χ3n) is 13.4. The van der Waals surface area contributed by atoms with E-state index in [0.717, 1.165) is 100 Å². The number of benzene rings is 9. The van der Waals surface area contributed by atoms with E-state index in [1.54, 1.807) is 12.1 Å². The molecular formula is C62H41F3N6. The molecule has 0 aliphatic carbocycles. The number of aromatic nitrogens is 5. The molecule has 3 aromatic heterocycles. The average Bonchev–Trinajstić information content (AvgIpc) is 3.89. The molecule has 0 aliphatic heterocycles. The highest BCUT2D eigenvalue weighted by atomic mass is 19.4. The van der Waals surface area contributed by atoms with Crippen molar-refractivity contribution in [3.63, 3.8) is 0 Å². The molecule has 12 aromatic rings. The van der Waals surface area contributed by atoms with Gasteiger partial charge in [-0.15, -0.1) is 0 Å². The van der Waals surface area contributed by atoms with Gasteiger partial charge >= 0.3 is 6.18 Å². The number of halogens is 3. The van der Waals surface area contributed by atoms with Gasteiger partial charge in [-0.05, 0) is 129 Å². The molecule has 0 fully saturated rings. The molecule has 0 aliphatic rings. The lowest BCUT2D eigenvalue weighted by molar-refractivity contribution is -0.137. The van der Waals surface area contributed by atoms with Crippen LogP contribution in [0.25, 0.3) is 111 Å². The number of rotatable bonds is 7. The Kier molecular flexibility index (Phi) is 10.2. The Morgan fingerprint density at radius 3 is 1.28 bits per heavy atom. The smallest absolute Gasteiger partial charge is 0.309 e. The van der Waals surface area contributed by atoms with Gasteiger partial charge in [-0.3, -0.25) is 0 Å². The highest BCUT2D eigenvalue weighted by Gasteiger charge is 2.31. The Morgan fingerprint density at radius 2 is 0.803 bits per heavy atom. The summed E-state index contributed by atoms with van der Waals surface area (Å²) in [4.78, 5) is 15.2. The number of nitriles is 1. The van der Waals surface area contributed by atoms with Crippen molar-refractivity contribution in [1.29, 1.82) is 5.26 Å². The molecule has 0 spiro atoms. The van der Waals surface area contributed by atoms with Crippen molar-refractivity contribution < 1.29 is 13.2 Å². The second-order valence-electron chi connectivity index (χ2n) is 18.2. The molecule has 0 amide bonds. The standard InChI is InChI=1S/C62H41F3N6/c1-37-17-23-55-49(29-37)50-30-38(2)18-24-56(50)70(55)54-27-21-45(61-68-59(41-12-6-4-7-13-41)67-60(69-61)42-14-8-5-9-15-42)34-48(54)44-20-26-53(47(33-44)43-16-10-11-40(32-43)36-66)71-57-25-19-39(3)31-51(57)52-35-46(62(63,64)65)22-28-58(52)71/h4-35H,1-3H3. The number of alkyl halides is 3. The lowest BCUT2D eigenvalue weighted by Crippen LogP contribution is -2.04.